The molecule has 1 aliphatic rings. The molecule has 1 amide bonds. The van der Waals surface area contributed by atoms with E-state index in [1.807, 2.05) is 20.8 Å². The molecule has 0 radical (unpaired) electrons. The maximum Gasteiger partial charge on any atom is 0.293 e. The van der Waals surface area contributed by atoms with E-state index in [1.165, 1.54) is 21.8 Å². The van der Waals surface area contributed by atoms with Crippen LogP contribution in [0.5, 0.6) is 0 Å². The van der Waals surface area contributed by atoms with Gasteiger partial charge in [-0.05, 0) is 64.8 Å². The number of carbonyl (C=O) groups excluding carboxylic acids is 2. The van der Waals surface area contributed by atoms with Crippen molar-refractivity contribution in [1.82, 2.24) is 4.90 Å². The summed E-state index contributed by atoms with van der Waals surface area (Å²) in [7, 11) is 2.16. The molecule has 31 heavy (non-hydrogen) atoms. The minimum absolute atomic E-state index is 0.0607. The summed E-state index contributed by atoms with van der Waals surface area (Å²) < 4.78 is 4.55. The quantitative estimate of drug-likeness (QED) is 0.660. The van der Waals surface area contributed by atoms with Crippen LogP contribution in [0.2, 0.25) is 0 Å². The summed E-state index contributed by atoms with van der Waals surface area (Å²) in [5, 5.41) is 0.570. The molecular formula is C24H35N3O3S. The minimum Gasteiger partial charge on any atom is -0.462 e. The molecule has 1 unspecified atom stereocenters. The molecule has 1 atom stereocenters. The van der Waals surface area contributed by atoms with E-state index in [2.05, 4.69) is 53.9 Å². The van der Waals surface area contributed by atoms with Gasteiger partial charge >= 0.3 is 0 Å². The van der Waals surface area contributed by atoms with Crippen LogP contribution in [0.3, 0.4) is 0 Å². The molecule has 3 rings (SSSR count). The van der Waals surface area contributed by atoms with Crippen LogP contribution in [-0.2, 0) is 27.8 Å². The van der Waals surface area contributed by atoms with E-state index in [-0.39, 0.29) is 11.0 Å². The third kappa shape index (κ3) is 6.31. The number of nitrogens with two attached hydrogens (primary N) is 2. The number of likely N-dealkylation sites (N-methyl/N-ethyl adjacent to an activating group) is 1. The molecular weight excluding hydrogens is 410 g/mol. The smallest absolute Gasteiger partial charge is 0.293 e. The van der Waals surface area contributed by atoms with Crippen LogP contribution in [0, 0.1) is 0 Å². The van der Waals surface area contributed by atoms with Gasteiger partial charge < -0.3 is 21.1 Å². The Hall–Kier alpha value is -2.38. The maximum absolute atomic E-state index is 11.8. The zero-order chi connectivity index (χ0) is 23.2. The number of fused-ring (bicyclic) bond motifs is 1. The first-order valence-corrected chi connectivity index (χ1v) is 11.4. The van der Waals surface area contributed by atoms with Gasteiger partial charge in [-0.15, -0.1) is 11.3 Å². The Bertz CT molecular complexity index is 889. The molecule has 0 saturated carbocycles. The normalized spacial score (nSPS) is 18.0. The summed E-state index contributed by atoms with van der Waals surface area (Å²) in [6.07, 6.45) is 2.78. The van der Waals surface area contributed by atoms with Gasteiger partial charge in [-0.25, -0.2) is 0 Å². The first-order chi connectivity index (χ1) is 14.5. The monoisotopic (exact) mass is 445 g/mol. The van der Waals surface area contributed by atoms with Crippen molar-refractivity contribution < 1.29 is 14.3 Å². The molecule has 1 aromatic carbocycles. The number of rotatable bonds is 6. The van der Waals surface area contributed by atoms with Crippen LogP contribution < -0.4 is 11.5 Å². The number of ether oxygens (including phenoxy) is 1. The molecule has 1 aromatic heterocycles. The lowest BCUT2D eigenvalue weighted by Gasteiger charge is -2.40. The van der Waals surface area contributed by atoms with E-state index >= 15 is 0 Å². The molecule has 7 heteroatoms. The van der Waals surface area contributed by atoms with Gasteiger partial charge in [-0.1, -0.05) is 37.3 Å². The summed E-state index contributed by atoms with van der Waals surface area (Å²) >= 11 is 1.54. The van der Waals surface area contributed by atoms with Crippen molar-refractivity contribution in [1.29, 1.82) is 0 Å². The fraction of sp³-hybridized carbons (Fsp3) is 0.500. The maximum atomic E-state index is 11.8. The summed E-state index contributed by atoms with van der Waals surface area (Å²) in [5.41, 5.74) is 14.4. The lowest BCUT2D eigenvalue weighted by molar-refractivity contribution is -0.138. The molecule has 0 aliphatic heterocycles. The van der Waals surface area contributed by atoms with E-state index < -0.39 is 5.91 Å². The molecule has 1 aliphatic carbocycles. The van der Waals surface area contributed by atoms with Gasteiger partial charge in [0.25, 0.3) is 12.4 Å². The molecule has 170 valence electrons. The SMILES string of the molecule is CC(C)(C)OC=O.CCN(C)CC1(c2ccccc2)CCc2c(sc(N)c2C(N)=O)C1. The van der Waals surface area contributed by atoms with Gasteiger partial charge in [0, 0.05) is 16.8 Å². The third-order valence-corrected chi connectivity index (χ3v) is 6.68. The second-order valence-corrected chi connectivity index (χ2v) is 10.2. The Morgan fingerprint density at radius 3 is 2.42 bits per heavy atom. The predicted molar refractivity (Wildman–Crippen MR) is 127 cm³/mol. The topological polar surface area (TPSA) is 98.7 Å². The third-order valence-electron chi connectivity index (χ3n) is 5.62. The van der Waals surface area contributed by atoms with Gasteiger partial charge in [0.05, 0.1) is 10.6 Å². The lowest BCUT2D eigenvalue weighted by atomic mass is 9.69. The average Bonchev–Trinajstić information content (AvgIpc) is 3.03. The second-order valence-electron chi connectivity index (χ2n) is 9.09. The molecule has 0 fully saturated rings. The molecule has 4 N–H and O–H groups in total. The molecule has 0 saturated heterocycles. The number of benzene rings is 1. The van der Waals surface area contributed by atoms with E-state index in [4.69, 9.17) is 11.5 Å². The predicted octanol–water partition coefficient (Wildman–Crippen LogP) is 3.77. The first-order valence-electron chi connectivity index (χ1n) is 10.6. The molecule has 0 spiro atoms. The summed E-state index contributed by atoms with van der Waals surface area (Å²) in [4.78, 5) is 24.9. The van der Waals surface area contributed by atoms with Crippen molar-refractivity contribution in [3.05, 3.63) is 51.9 Å². The highest BCUT2D eigenvalue weighted by Crippen LogP contribution is 2.44. The minimum atomic E-state index is -0.400. The van der Waals surface area contributed by atoms with Crippen LogP contribution in [0.1, 0.15) is 60.5 Å². The van der Waals surface area contributed by atoms with Crippen LogP contribution in [0.15, 0.2) is 30.3 Å². The lowest BCUT2D eigenvalue weighted by Crippen LogP contribution is -2.43. The largest absolute Gasteiger partial charge is 0.462 e. The number of amides is 1. The van der Waals surface area contributed by atoms with Crippen LogP contribution in [0.25, 0.3) is 0 Å². The zero-order valence-corrected chi connectivity index (χ0v) is 20.1. The number of thiophene rings is 1. The standard InChI is InChI=1S/C19H25N3OS.C5H10O2/c1-3-22(2)12-19(13-7-5-4-6-8-13)10-9-14-15(11-19)24-18(21)16(14)17(20)23;1-5(2,3)7-4-6/h4-8H,3,9-12,21H2,1-2H3,(H2,20,23);4H,1-3H3. The highest BCUT2D eigenvalue weighted by Gasteiger charge is 2.39. The number of hydrogen-bond donors (Lipinski definition) is 2. The fourth-order valence-corrected chi connectivity index (χ4v) is 5.28. The Morgan fingerprint density at radius 2 is 1.94 bits per heavy atom. The number of carbonyl (C=O) groups is 2. The van der Waals surface area contributed by atoms with E-state index in [1.54, 1.807) is 0 Å². The summed E-state index contributed by atoms with van der Waals surface area (Å²) in [5.74, 6) is -0.400. The van der Waals surface area contributed by atoms with Crippen LogP contribution >= 0.6 is 11.3 Å². The number of nitrogen functional groups attached to an aromatic ring is 1. The summed E-state index contributed by atoms with van der Waals surface area (Å²) in [6, 6.07) is 10.7. The Labute approximate surface area is 189 Å². The van der Waals surface area contributed by atoms with Gasteiger partial charge in [-0.3, -0.25) is 9.59 Å². The van der Waals surface area contributed by atoms with Crippen molar-refractivity contribution >= 4 is 28.7 Å². The van der Waals surface area contributed by atoms with E-state index in [0.717, 1.165) is 37.9 Å². The van der Waals surface area contributed by atoms with Crippen molar-refractivity contribution in [2.45, 2.75) is 58.0 Å². The number of primary amides is 1. The van der Waals surface area contributed by atoms with Gasteiger partial charge in [0.2, 0.25) is 0 Å². The molecule has 2 aromatic rings. The van der Waals surface area contributed by atoms with E-state index in [9.17, 15) is 9.59 Å². The van der Waals surface area contributed by atoms with Crippen molar-refractivity contribution in [3.8, 4) is 0 Å². The van der Waals surface area contributed by atoms with Gasteiger partial charge in [-0.2, -0.15) is 0 Å². The number of hydrogen-bond acceptors (Lipinski definition) is 6. The van der Waals surface area contributed by atoms with E-state index in [0.29, 0.717) is 17.0 Å². The van der Waals surface area contributed by atoms with Crippen LogP contribution in [-0.4, -0.2) is 43.0 Å². The van der Waals surface area contributed by atoms with Crippen molar-refractivity contribution in [2.24, 2.45) is 5.73 Å². The van der Waals surface area contributed by atoms with Gasteiger partial charge in [0.15, 0.2) is 0 Å². The second kappa shape index (κ2) is 10.3. The first kappa shape index (κ1) is 24.9. The number of nitrogens with zero attached hydrogens (tertiary/aromatic N) is 1. The Balaban J connectivity index is 0.000000423. The van der Waals surface area contributed by atoms with Gasteiger partial charge in [0.1, 0.15) is 5.60 Å². The van der Waals surface area contributed by atoms with Crippen LogP contribution in [0.4, 0.5) is 5.00 Å². The Morgan fingerprint density at radius 1 is 1.29 bits per heavy atom. The van der Waals surface area contributed by atoms with Crippen molar-refractivity contribution in [2.75, 3.05) is 25.9 Å². The highest BCUT2D eigenvalue weighted by molar-refractivity contribution is 7.16. The van der Waals surface area contributed by atoms with Crippen molar-refractivity contribution in [3.63, 3.8) is 0 Å². The highest BCUT2D eigenvalue weighted by atomic mass is 32.1. The molecule has 0 bridgehead atoms. The molecule has 6 nitrogen and oxygen atoms in total. The Kier molecular flexibility index (Phi) is 8.26. The summed E-state index contributed by atoms with van der Waals surface area (Å²) in [6.45, 7) is 10.1. The average molecular weight is 446 g/mol. The number of anilines is 1. The zero-order valence-electron chi connectivity index (χ0n) is 19.2. The molecule has 1 heterocycles. The fourth-order valence-electron chi connectivity index (χ4n) is 4.01.